The largest absolute Gasteiger partial charge is 0.438 e. The third-order valence-corrected chi connectivity index (χ3v) is 2.86. The summed E-state index contributed by atoms with van der Waals surface area (Å²) in [7, 11) is 0. The number of nitrogens with two attached hydrogens (primary N) is 1. The first kappa shape index (κ1) is 13.7. The molecule has 1 aromatic carbocycles. The van der Waals surface area contributed by atoms with E-state index in [1.807, 2.05) is 0 Å². The van der Waals surface area contributed by atoms with Gasteiger partial charge in [-0.25, -0.2) is 0 Å². The van der Waals surface area contributed by atoms with Gasteiger partial charge in [0.2, 0.25) is 5.88 Å². The van der Waals surface area contributed by atoms with Gasteiger partial charge in [0.25, 0.3) is 0 Å². The summed E-state index contributed by atoms with van der Waals surface area (Å²) >= 11 is 3.22. The zero-order valence-corrected chi connectivity index (χ0v) is 11.0. The first-order valence-corrected chi connectivity index (χ1v) is 5.93. The highest BCUT2D eigenvalue weighted by Crippen LogP contribution is 2.34. The number of aromatic nitrogens is 1. The number of alkyl halides is 3. The standard InChI is InChI=1S/C12H8BrF3N2O/c13-8-3-1-2-4-9(8)19-11-6-7(12(14,15)16)5-10(17)18-11/h1-6H,(H2,17,18). The molecule has 0 saturated carbocycles. The minimum absolute atomic E-state index is 0.209. The van der Waals surface area contributed by atoms with Gasteiger partial charge in [-0.15, -0.1) is 0 Å². The molecule has 0 radical (unpaired) electrons. The zero-order chi connectivity index (χ0) is 14.0. The average Bonchev–Trinajstić information content (AvgIpc) is 2.30. The van der Waals surface area contributed by atoms with E-state index in [1.165, 1.54) is 0 Å². The lowest BCUT2D eigenvalue weighted by molar-refractivity contribution is -0.137. The maximum Gasteiger partial charge on any atom is 0.416 e. The van der Waals surface area contributed by atoms with Crippen molar-refractivity contribution in [2.45, 2.75) is 6.18 Å². The Bertz CT molecular complexity index is 602. The lowest BCUT2D eigenvalue weighted by Gasteiger charge is -2.11. The van der Waals surface area contributed by atoms with Crippen LogP contribution in [0.4, 0.5) is 19.0 Å². The third-order valence-electron chi connectivity index (χ3n) is 2.20. The molecule has 100 valence electrons. The minimum Gasteiger partial charge on any atom is -0.438 e. The Morgan fingerprint density at radius 3 is 2.47 bits per heavy atom. The van der Waals surface area contributed by atoms with E-state index < -0.39 is 11.7 Å². The summed E-state index contributed by atoms with van der Waals surface area (Å²) in [6.07, 6.45) is -4.50. The summed E-state index contributed by atoms with van der Waals surface area (Å²) in [5, 5.41) is 0. The number of ether oxygens (including phenoxy) is 1. The molecule has 0 saturated heterocycles. The van der Waals surface area contributed by atoms with Gasteiger partial charge in [0.05, 0.1) is 10.0 Å². The molecule has 19 heavy (non-hydrogen) atoms. The molecule has 2 aromatic rings. The quantitative estimate of drug-likeness (QED) is 0.894. The number of halogens is 4. The molecule has 3 nitrogen and oxygen atoms in total. The molecule has 0 unspecified atom stereocenters. The second kappa shape index (κ2) is 5.08. The van der Waals surface area contributed by atoms with Crippen LogP contribution in [0.3, 0.4) is 0 Å². The van der Waals surface area contributed by atoms with Crippen LogP contribution in [0.1, 0.15) is 5.56 Å². The highest BCUT2D eigenvalue weighted by Gasteiger charge is 2.31. The van der Waals surface area contributed by atoms with E-state index in [-0.39, 0.29) is 11.7 Å². The SMILES string of the molecule is Nc1cc(C(F)(F)F)cc(Oc2ccccc2Br)n1. The highest BCUT2D eigenvalue weighted by molar-refractivity contribution is 9.10. The van der Waals surface area contributed by atoms with E-state index in [0.717, 1.165) is 12.1 Å². The van der Waals surface area contributed by atoms with E-state index in [1.54, 1.807) is 24.3 Å². The van der Waals surface area contributed by atoms with Gasteiger partial charge in [-0.05, 0) is 34.1 Å². The predicted molar refractivity (Wildman–Crippen MR) is 67.9 cm³/mol. The van der Waals surface area contributed by atoms with E-state index in [4.69, 9.17) is 10.5 Å². The Kier molecular flexibility index (Phi) is 3.66. The summed E-state index contributed by atoms with van der Waals surface area (Å²) in [5.74, 6) is -0.107. The molecule has 0 aliphatic heterocycles. The van der Waals surface area contributed by atoms with Crippen LogP contribution >= 0.6 is 15.9 Å². The van der Waals surface area contributed by atoms with Crippen LogP contribution in [0, 0.1) is 0 Å². The topological polar surface area (TPSA) is 48.1 Å². The monoisotopic (exact) mass is 332 g/mol. The van der Waals surface area contributed by atoms with Crippen molar-refractivity contribution in [1.82, 2.24) is 4.98 Å². The van der Waals surface area contributed by atoms with Crippen molar-refractivity contribution >= 4 is 21.7 Å². The van der Waals surface area contributed by atoms with Crippen molar-refractivity contribution in [2.24, 2.45) is 0 Å². The number of pyridine rings is 1. The Hall–Kier alpha value is -1.76. The molecule has 2 rings (SSSR count). The Morgan fingerprint density at radius 2 is 1.84 bits per heavy atom. The minimum atomic E-state index is -4.50. The molecule has 0 aliphatic rings. The first-order chi connectivity index (χ1) is 8.86. The van der Waals surface area contributed by atoms with Crippen molar-refractivity contribution in [1.29, 1.82) is 0 Å². The van der Waals surface area contributed by atoms with E-state index in [0.29, 0.717) is 10.2 Å². The van der Waals surface area contributed by atoms with Crippen molar-refractivity contribution in [3.05, 3.63) is 46.4 Å². The number of nitrogen functional groups attached to an aromatic ring is 1. The fraction of sp³-hybridized carbons (Fsp3) is 0.0833. The van der Waals surface area contributed by atoms with Crippen LogP contribution < -0.4 is 10.5 Å². The van der Waals surface area contributed by atoms with Gasteiger partial charge in [0.1, 0.15) is 11.6 Å². The Labute approximate surface area is 115 Å². The van der Waals surface area contributed by atoms with Gasteiger partial charge in [0.15, 0.2) is 0 Å². The smallest absolute Gasteiger partial charge is 0.416 e. The highest BCUT2D eigenvalue weighted by atomic mass is 79.9. The Balaban J connectivity index is 2.36. The molecule has 2 N–H and O–H groups in total. The van der Waals surface area contributed by atoms with Gasteiger partial charge in [-0.2, -0.15) is 18.2 Å². The van der Waals surface area contributed by atoms with Crippen LogP contribution in [0.2, 0.25) is 0 Å². The molecule has 1 aromatic heterocycles. The van der Waals surface area contributed by atoms with Crippen LogP contribution in [0.5, 0.6) is 11.6 Å². The molecule has 0 bridgehead atoms. The van der Waals surface area contributed by atoms with Crippen molar-refractivity contribution < 1.29 is 17.9 Å². The molecule has 0 atom stereocenters. The maximum absolute atomic E-state index is 12.6. The molecule has 0 fully saturated rings. The summed E-state index contributed by atoms with van der Waals surface area (Å²) in [4.78, 5) is 3.72. The summed E-state index contributed by atoms with van der Waals surface area (Å²) < 4.78 is 43.7. The van der Waals surface area contributed by atoms with Crippen molar-refractivity contribution in [3.63, 3.8) is 0 Å². The van der Waals surface area contributed by atoms with Crippen LogP contribution in [-0.4, -0.2) is 4.98 Å². The van der Waals surface area contributed by atoms with Crippen molar-refractivity contribution in [2.75, 3.05) is 5.73 Å². The second-order valence-electron chi connectivity index (χ2n) is 3.65. The lowest BCUT2D eigenvalue weighted by atomic mass is 10.2. The van der Waals surface area contributed by atoms with Gasteiger partial charge in [-0.3, -0.25) is 0 Å². The Morgan fingerprint density at radius 1 is 1.16 bits per heavy atom. The summed E-state index contributed by atoms with van der Waals surface area (Å²) in [6, 6.07) is 8.30. The third kappa shape index (κ3) is 3.37. The number of hydrogen-bond acceptors (Lipinski definition) is 3. The lowest BCUT2D eigenvalue weighted by Crippen LogP contribution is -2.07. The van der Waals surface area contributed by atoms with Gasteiger partial charge in [-0.1, -0.05) is 12.1 Å². The summed E-state index contributed by atoms with van der Waals surface area (Å²) in [5.41, 5.74) is 4.44. The molecular formula is C12H8BrF3N2O. The molecule has 0 spiro atoms. The molecule has 0 aliphatic carbocycles. The van der Waals surface area contributed by atoms with Crippen LogP contribution in [-0.2, 0) is 6.18 Å². The molecule has 0 amide bonds. The van der Waals surface area contributed by atoms with Crippen molar-refractivity contribution in [3.8, 4) is 11.6 Å². The first-order valence-electron chi connectivity index (χ1n) is 5.13. The number of para-hydroxylation sites is 1. The van der Waals surface area contributed by atoms with Crippen LogP contribution in [0.15, 0.2) is 40.9 Å². The van der Waals surface area contributed by atoms with Gasteiger partial charge >= 0.3 is 6.18 Å². The number of nitrogens with zero attached hydrogens (tertiary/aromatic N) is 1. The molecule has 7 heteroatoms. The average molecular weight is 333 g/mol. The summed E-state index contributed by atoms with van der Waals surface area (Å²) in [6.45, 7) is 0. The maximum atomic E-state index is 12.6. The molecular weight excluding hydrogens is 325 g/mol. The zero-order valence-electron chi connectivity index (χ0n) is 9.41. The normalized spacial score (nSPS) is 11.4. The van der Waals surface area contributed by atoms with Crippen LogP contribution in [0.25, 0.3) is 0 Å². The number of hydrogen-bond donors (Lipinski definition) is 1. The van der Waals surface area contributed by atoms with E-state index >= 15 is 0 Å². The van der Waals surface area contributed by atoms with Gasteiger partial charge < -0.3 is 10.5 Å². The predicted octanol–water partition coefficient (Wildman–Crippen LogP) is 4.24. The number of rotatable bonds is 2. The second-order valence-corrected chi connectivity index (χ2v) is 4.50. The van der Waals surface area contributed by atoms with E-state index in [2.05, 4.69) is 20.9 Å². The number of anilines is 1. The van der Waals surface area contributed by atoms with E-state index in [9.17, 15) is 13.2 Å². The fourth-order valence-corrected chi connectivity index (χ4v) is 1.75. The fourth-order valence-electron chi connectivity index (χ4n) is 1.38. The molecule has 1 heterocycles. The van der Waals surface area contributed by atoms with Gasteiger partial charge in [0, 0.05) is 6.07 Å². The number of benzene rings is 1.